The van der Waals surface area contributed by atoms with Gasteiger partial charge in [-0.25, -0.2) is 0 Å². The van der Waals surface area contributed by atoms with Crippen molar-refractivity contribution in [1.82, 2.24) is 14.8 Å². The molecule has 1 aromatic carbocycles. The molecule has 154 valence electrons. The molecular weight excluding hydrogens is 418 g/mol. The Balaban J connectivity index is 1.96. The number of carbonyl (C=O) groups is 1. The second kappa shape index (κ2) is 12.8. The highest BCUT2D eigenvalue weighted by atomic mass is 79.9. The molecule has 1 amide bonds. The van der Waals surface area contributed by atoms with E-state index in [2.05, 4.69) is 75.3 Å². The topological polar surface area (TPSA) is 46.5 Å². The van der Waals surface area contributed by atoms with Crippen molar-refractivity contribution in [1.29, 1.82) is 0 Å². The number of rotatable bonds is 13. The summed E-state index contributed by atoms with van der Waals surface area (Å²) in [4.78, 5) is 14.7. The first-order valence-corrected chi connectivity index (χ1v) is 10.8. The Morgan fingerprint density at radius 1 is 1.21 bits per heavy atom. The molecule has 0 aliphatic carbocycles. The molecule has 0 bridgehead atoms. The van der Waals surface area contributed by atoms with Gasteiger partial charge >= 0.3 is 0 Å². The van der Waals surface area contributed by atoms with E-state index in [1.54, 1.807) is 7.11 Å². The van der Waals surface area contributed by atoms with Gasteiger partial charge in [0.2, 0.25) is 5.91 Å². The Morgan fingerprint density at radius 2 is 2.00 bits per heavy atom. The van der Waals surface area contributed by atoms with Crippen molar-refractivity contribution in [2.75, 3.05) is 33.4 Å². The van der Waals surface area contributed by atoms with E-state index in [0.29, 0.717) is 19.7 Å². The van der Waals surface area contributed by atoms with E-state index in [-0.39, 0.29) is 5.91 Å². The molecule has 1 aromatic heterocycles. The van der Waals surface area contributed by atoms with Crippen molar-refractivity contribution in [3.63, 3.8) is 0 Å². The average molecular weight is 450 g/mol. The van der Waals surface area contributed by atoms with E-state index in [1.165, 1.54) is 5.56 Å². The summed E-state index contributed by atoms with van der Waals surface area (Å²) >= 11 is 3.48. The third kappa shape index (κ3) is 7.78. The van der Waals surface area contributed by atoms with Gasteiger partial charge in [-0.3, -0.25) is 4.79 Å². The van der Waals surface area contributed by atoms with Crippen molar-refractivity contribution in [3.8, 4) is 0 Å². The van der Waals surface area contributed by atoms with Crippen LogP contribution in [-0.4, -0.2) is 48.7 Å². The molecule has 0 fully saturated rings. The van der Waals surface area contributed by atoms with Crippen molar-refractivity contribution in [2.45, 2.75) is 39.3 Å². The highest BCUT2D eigenvalue weighted by molar-refractivity contribution is 9.10. The van der Waals surface area contributed by atoms with Crippen LogP contribution in [0.2, 0.25) is 0 Å². The zero-order valence-corrected chi connectivity index (χ0v) is 18.6. The van der Waals surface area contributed by atoms with E-state index in [9.17, 15) is 4.79 Å². The lowest BCUT2D eigenvalue weighted by Gasteiger charge is -2.24. The molecule has 0 aliphatic rings. The Morgan fingerprint density at radius 3 is 2.71 bits per heavy atom. The van der Waals surface area contributed by atoms with E-state index >= 15 is 0 Å². The van der Waals surface area contributed by atoms with Gasteiger partial charge in [-0.2, -0.15) is 0 Å². The summed E-state index contributed by atoms with van der Waals surface area (Å²) < 4.78 is 8.35. The van der Waals surface area contributed by atoms with Crippen molar-refractivity contribution >= 4 is 21.8 Å². The van der Waals surface area contributed by atoms with E-state index in [0.717, 1.165) is 49.1 Å². The van der Waals surface area contributed by atoms with Gasteiger partial charge < -0.3 is 19.5 Å². The fourth-order valence-electron chi connectivity index (χ4n) is 3.02. The Hall–Kier alpha value is -1.63. The van der Waals surface area contributed by atoms with Gasteiger partial charge in [-0.05, 0) is 49.2 Å². The molecule has 0 saturated carbocycles. The second-order valence-corrected chi connectivity index (χ2v) is 7.86. The van der Waals surface area contributed by atoms with Crippen molar-refractivity contribution in [2.24, 2.45) is 0 Å². The number of benzene rings is 1. The van der Waals surface area contributed by atoms with Gasteiger partial charge in [0.15, 0.2) is 0 Å². The average Bonchev–Trinajstić information content (AvgIpc) is 3.13. The molecule has 0 saturated heterocycles. The molecule has 1 heterocycles. The van der Waals surface area contributed by atoms with Crippen molar-refractivity contribution in [3.05, 3.63) is 58.3 Å². The number of methoxy groups -OCH3 is 1. The van der Waals surface area contributed by atoms with Gasteiger partial charge in [-0.15, -0.1) is 0 Å². The minimum atomic E-state index is 0.155. The Kier molecular flexibility index (Phi) is 10.3. The predicted molar refractivity (Wildman–Crippen MR) is 117 cm³/mol. The minimum absolute atomic E-state index is 0.155. The second-order valence-electron chi connectivity index (χ2n) is 6.95. The molecular formula is C22H32BrN3O2. The zero-order valence-electron chi connectivity index (χ0n) is 17.0. The van der Waals surface area contributed by atoms with Crippen LogP contribution in [0.4, 0.5) is 0 Å². The van der Waals surface area contributed by atoms with Crippen LogP contribution in [0, 0.1) is 0 Å². The maximum atomic E-state index is 12.7. The number of nitrogens with zero attached hydrogens (tertiary/aromatic N) is 2. The molecule has 0 radical (unpaired) electrons. The monoisotopic (exact) mass is 449 g/mol. The molecule has 5 nitrogen and oxygen atoms in total. The fourth-order valence-corrected chi connectivity index (χ4v) is 3.28. The lowest BCUT2D eigenvalue weighted by atomic mass is 10.2. The normalized spacial score (nSPS) is 11.0. The summed E-state index contributed by atoms with van der Waals surface area (Å²) in [7, 11) is 1.70. The van der Waals surface area contributed by atoms with E-state index in [4.69, 9.17) is 4.74 Å². The van der Waals surface area contributed by atoms with Crippen LogP contribution in [0.5, 0.6) is 0 Å². The van der Waals surface area contributed by atoms with Crippen LogP contribution in [0.1, 0.15) is 37.4 Å². The lowest BCUT2D eigenvalue weighted by molar-refractivity contribution is -0.131. The van der Waals surface area contributed by atoms with Crippen LogP contribution in [0.3, 0.4) is 0 Å². The third-order valence-electron chi connectivity index (χ3n) is 4.66. The first-order valence-electron chi connectivity index (χ1n) is 10.00. The molecule has 2 rings (SSSR count). The molecule has 1 N–H and O–H groups in total. The molecule has 2 aromatic rings. The quantitative estimate of drug-likeness (QED) is 0.469. The zero-order chi connectivity index (χ0) is 20.2. The Labute approximate surface area is 177 Å². The predicted octanol–water partition coefficient (Wildman–Crippen LogP) is 4.05. The standard InChI is InChI=1S/C22H32BrN3O2/c1-3-4-13-26(22(27)16-24-12-6-15-28-2)18-21-7-5-14-25(21)17-19-8-10-20(23)11-9-19/h5,7-11,14,24H,3-4,6,12-13,15-18H2,1-2H3. The number of amides is 1. The van der Waals surface area contributed by atoms with Crippen LogP contribution >= 0.6 is 15.9 Å². The summed E-state index contributed by atoms with van der Waals surface area (Å²) in [6.07, 6.45) is 5.09. The molecule has 6 heteroatoms. The van der Waals surface area contributed by atoms with Crippen molar-refractivity contribution < 1.29 is 9.53 Å². The SMILES string of the molecule is CCCCN(Cc1cccn1Cc1ccc(Br)cc1)C(=O)CNCCCOC. The van der Waals surface area contributed by atoms with Crippen LogP contribution < -0.4 is 5.32 Å². The lowest BCUT2D eigenvalue weighted by Crippen LogP contribution is -2.39. The van der Waals surface area contributed by atoms with Gasteiger partial charge in [0, 0.05) is 43.2 Å². The van der Waals surface area contributed by atoms with E-state index < -0.39 is 0 Å². The van der Waals surface area contributed by atoms with E-state index in [1.807, 2.05) is 4.90 Å². The number of carbonyl (C=O) groups excluding carboxylic acids is 1. The molecule has 0 spiro atoms. The fraction of sp³-hybridized carbons (Fsp3) is 0.500. The summed E-state index contributed by atoms with van der Waals surface area (Å²) in [6.45, 7) is 6.27. The first-order chi connectivity index (χ1) is 13.6. The largest absolute Gasteiger partial charge is 0.385 e. The number of nitrogens with one attached hydrogen (secondary N) is 1. The molecule has 28 heavy (non-hydrogen) atoms. The number of unbranched alkanes of at least 4 members (excludes halogenated alkanes) is 1. The van der Waals surface area contributed by atoms with Gasteiger partial charge in [-0.1, -0.05) is 41.4 Å². The van der Waals surface area contributed by atoms with Crippen LogP contribution in [-0.2, 0) is 22.6 Å². The van der Waals surface area contributed by atoms with Crippen LogP contribution in [0.15, 0.2) is 47.1 Å². The summed E-state index contributed by atoms with van der Waals surface area (Å²) in [5.41, 5.74) is 2.40. The Bertz CT molecular complexity index is 700. The summed E-state index contributed by atoms with van der Waals surface area (Å²) in [5, 5.41) is 3.23. The number of hydrogen-bond donors (Lipinski definition) is 1. The third-order valence-corrected chi connectivity index (χ3v) is 5.18. The summed E-state index contributed by atoms with van der Waals surface area (Å²) in [6, 6.07) is 12.5. The van der Waals surface area contributed by atoms with Crippen LogP contribution in [0.25, 0.3) is 0 Å². The maximum Gasteiger partial charge on any atom is 0.236 e. The number of hydrogen-bond acceptors (Lipinski definition) is 3. The number of halogens is 1. The van der Waals surface area contributed by atoms with Gasteiger partial charge in [0.1, 0.15) is 0 Å². The first kappa shape index (κ1) is 22.7. The molecule has 0 unspecified atom stereocenters. The molecule has 0 atom stereocenters. The number of aromatic nitrogens is 1. The smallest absolute Gasteiger partial charge is 0.236 e. The highest BCUT2D eigenvalue weighted by Crippen LogP contribution is 2.14. The highest BCUT2D eigenvalue weighted by Gasteiger charge is 2.15. The maximum absolute atomic E-state index is 12.7. The van der Waals surface area contributed by atoms with Gasteiger partial charge in [0.05, 0.1) is 13.1 Å². The molecule has 0 aliphatic heterocycles. The van der Waals surface area contributed by atoms with Gasteiger partial charge in [0.25, 0.3) is 0 Å². The number of ether oxygens (including phenoxy) is 1. The summed E-state index contributed by atoms with van der Waals surface area (Å²) in [5.74, 6) is 0.155. The minimum Gasteiger partial charge on any atom is -0.385 e.